The molecule has 2 unspecified atom stereocenters. The highest BCUT2D eigenvalue weighted by Crippen LogP contribution is 2.41. The van der Waals surface area contributed by atoms with Gasteiger partial charge in [-0.3, -0.25) is 4.79 Å². The van der Waals surface area contributed by atoms with Crippen LogP contribution in [-0.2, 0) is 16.0 Å². The van der Waals surface area contributed by atoms with E-state index in [1.807, 2.05) is 18.5 Å². The molecule has 0 amide bonds. The second-order valence-corrected chi connectivity index (χ2v) is 6.74. The third-order valence-electron chi connectivity index (χ3n) is 3.59. The van der Waals surface area contributed by atoms with Crippen molar-refractivity contribution in [2.24, 2.45) is 0 Å². The summed E-state index contributed by atoms with van der Waals surface area (Å²) in [6.07, 6.45) is 4.78. The predicted molar refractivity (Wildman–Crippen MR) is 90.9 cm³/mol. The van der Waals surface area contributed by atoms with Crippen LogP contribution < -0.4 is 0 Å². The number of carbonyl (C=O) groups excluding carboxylic acids is 1. The average molecular weight is 433 g/mol. The van der Waals surface area contributed by atoms with E-state index in [9.17, 15) is 9.18 Å². The summed E-state index contributed by atoms with van der Waals surface area (Å²) in [5.41, 5.74) is 1.14. The molecule has 0 aliphatic carbocycles. The summed E-state index contributed by atoms with van der Waals surface area (Å²) in [6.45, 7) is 0.479. The molecule has 2 aromatic rings. The van der Waals surface area contributed by atoms with Crippen molar-refractivity contribution < 1.29 is 13.9 Å². The SMILES string of the molecule is O=COC(CCBr)(Cc1ccc(F)cc1)C(Br)c1cc[nH]c1. The lowest BCUT2D eigenvalue weighted by atomic mass is 9.86. The van der Waals surface area contributed by atoms with E-state index in [-0.39, 0.29) is 10.6 Å². The monoisotopic (exact) mass is 431 g/mol. The van der Waals surface area contributed by atoms with Gasteiger partial charge in [-0.1, -0.05) is 44.0 Å². The first-order chi connectivity index (χ1) is 10.6. The van der Waals surface area contributed by atoms with Gasteiger partial charge in [-0.25, -0.2) is 4.39 Å². The molecule has 2 atom stereocenters. The molecule has 0 radical (unpaired) electrons. The van der Waals surface area contributed by atoms with E-state index in [1.165, 1.54) is 12.1 Å². The first kappa shape index (κ1) is 17.2. The van der Waals surface area contributed by atoms with Crippen LogP contribution in [0, 0.1) is 5.82 Å². The Balaban J connectivity index is 2.34. The number of rotatable bonds is 8. The summed E-state index contributed by atoms with van der Waals surface area (Å²) in [7, 11) is 0. The summed E-state index contributed by atoms with van der Waals surface area (Å²) in [5, 5.41) is 0.675. The Kier molecular flexibility index (Phi) is 6.20. The number of carbonyl (C=O) groups is 1. The lowest BCUT2D eigenvalue weighted by Crippen LogP contribution is -2.39. The Bertz CT molecular complexity index is 589. The van der Waals surface area contributed by atoms with E-state index in [2.05, 4.69) is 36.8 Å². The number of hydrogen-bond donors (Lipinski definition) is 1. The van der Waals surface area contributed by atoms with Crippen LogP contribution in [0.4, 0.5) is 4.39 Å². The minimum absolute atomic E-state index is 0.181. The van der Waals surface area contributed by atoms with Crippen molar-refractivity contribution in [1.29, 1.82) is 0 Å². The number of hydrogen-bond acceptors (Lipinski definition) is 2. The van der Waals surface area contributed by atoms with Crippen LogP contribution in [0.2, 0.25) is 0 Å². The molecule has 0 spiro atoms. The van der Waals surface area contributed by atoms with Crippen molar-refractivity contribution in [3.63, 3.8) is 0 Å². The summed E-state index contributed by atoms with van der Waals surface area (Å²) >= 11 is 7.09. The van der Waals surface area contributed by atoms with Gasteiger partial charge in [0.05, 0.1) is 4.83 Å². The Morgan fingerprint density at radius 3 is 2.59 bits per heavy atom. The number of alkyl halides is 2. The van der Waals surface area contributed by atoms with Crippen molar-refractivity contribution in [2.75, 3.05) is 5.33 Å². The van der Waals surface area contributed by atoms with E-state index in [0.29, 0.717) is 24.6 Å². The number of H-pyrrole nitrogens is 1. The molecule has 2 rings (SSSR count). The Hall–Kier alpha value is -1.14. The van der Waals surface area contributed by atoms with Crippen molar-refractivity contribution >= 4 is 38.3 Å². The van der Waals surface area contributed by atoms with Gasteiger partial charge in [-0.05, 0) is 35.7 Å². The standard InChI is InChI=1S/C16H16Br2FNO2/c17-7-6-16(22-11-21,15(18)13-5-8-20-10-13)9-12-1-3-14(19)4-2-12/h1-5,8,10-11,15,20H,6-7,9H2. The Labute approximate surface area is 145 Å². The highest BCUT2D eigenvalue weighted by Gasteiger charge is 2.40. The first-order valence-electron chi connectivity index (χ1n) is 6.80. The molecule has 0 bridgehead atoms. The van der Waals surface area contributed by atoms with Gasteiger partial charge in [0.1, 0.15) is 11.4 Å². The zero-order chi connectivity index (χ0) is 16.0. The van der Waals surface area contributed by atoms with Crippen LogP contribution in [-0.4, -0.2) is 22.4 Å². The number of aromatic nitrogens is 1. The molecule has 3 nitrogen and oxygen atoms in total. The zero-order valence-corrected chi connectivity index (χ0v) is 14.9. The summed E-state index contributed by atoms with van der Waals surface area (Å²) in [4.78, 5) is 13.9. The summed E-state index contributed by atoms with van der Waals surface area (Å²) in [5.74, 6) is -0.285. The third-order valence-corrected chi connectivity index (χ3v) is 5.35. The van der Waals surface area contributed by atoms with Gasteiger partial charge in [0.25, 0.3) is 6.47 Å². The number of ether oxygens (including phenoxy) is 1. The van der Waals surface area contributed by atoms with Crippen molar-refractivity contribution in [3.05, 3.63) is 59.7 Å². The van der Waals surface area contributed by atoms with E-state index in [4.69, 9.17) is 4.74 Å². The molecule has 0 saturated carbocycles. The molecule has 0 aliphatic rings. The molecule has 118 valence electrons. The minimum Gasteiger partial charge on any atom is -0.459 e. The van der Waals surface area contributed by atoms with Crippen LogP contribution in [0.3, 0.4) is 0 Å². The predicted octanol–water partition coefficient (Wildman–Crippen LogP) is 4.53. The second kappa shape index (κ2) is 7.92. The zero-order valence-electron chi connectivity index (χ0n) is 11.8. The van der Waals surface area contributed by atoms with Crippen LogP contribution >= 0.6 is 31.9 Å². The van der Waals surface area contributed by atoms with Gasteiger partial charge >= 0.3 is 0 Å². The summed E-state index contributed by atoms with van der Waals surface area (Å²) < 4.78 is 18.6. The van der Waals surface area contributed by atoms with Crippen molar-refractivity contribution in [2.45, 2.75) is 23.3 Å². The number of aromatic amines is 1. The Morgan fingerprint density at radius 1 is 1.32 bits per heavy atom. The molecule has 1 aromatic heterocycles. The van der Waals surface area contributed by atoms with Crippen LogP contribution in [0.5, 0.6) is 0 Å². The lowest BCUT2D eigenvalue weighted by Gasteiger charge is -2.36. The van der Waals surface area contributed by atoms with Crippen LogP contribution in [0.25, 0.3) is 0 Å². The highest BCUT2D eigenvalue weighted by molar-refractivity contribution is 9.09. The first-order valence-corrected chi connectivity index (χ1v) is 8.83. The fraction of sp³-hybridized carbons (Fsp3) is 0.312. The fourth-order valence-corrected chi connectivity index (χ4v) is 3.92. The Morgan fingerprint density at radius 2 is 2.05 bits per heavy atom. The molecular weight excluding hydrogens is 417 g/mol. The van der Waals surface area contributed by atoms with Gasteiger partial charge in [-0.15, -0.1) is 0 Å². The molecule has 1 heterocycles. The molecule has 6 heteroatoms. The molecule has 0 aliphatic heterocycles. The maximum Gasteiger partial charge on any atom is 0.293 e. The maximum atomic E-state index is 13.1. The smallest absolute Gasteiger partial charge is 0.293 e. The molecule has 1 aromatic carbocycles. The maximum absolute atomic E-state index is 13.1. The van der Waals surface area contributed by atoms with E-state index < -0.39 is 5.60 Å². The van der Waals surface area contributed by atoms with Gasteiger partial charge in [0.15, 0.2) is 0 Å². The average Bonchev–Trinajstić information content (AvgIpc) is 3.03. The number of benzene rings is 1. The van der Waals surface area contributed by atoms with E-state index in [1.54, 1.807) is 12.1 Å². The molecule has 0 saturated heterocycles. The van der Waals surface area contributed by atoms with Crippen LogP contribution in [0.15, 0.2) is 42.7 Å². The topological polar surface area (TPSA) is 42.1 Å². The molecular formula is C16H16Br2FNO2. The van der Waals surface area contributed by atoms with Crippen molar-refractivity contribution in [3.8, 4) is 0 Å². The van der Waals surface area contributed by atoms with Gasteiger partial charge in [0.2, 0.25) is 0 Å². The van der Waals surface area contributed by atoms with Gasteiger partial charge < -0.3 is 9.72 Å². The van der Waals surface area contributed by atoms with Crippen LogP contribution in [0.1, 0.15) is 22.4 Å². The van der Waals surface area contributed by atoms with Crippen molar-refractivity contribution in [1.82, 2.24) is 4.98 Å². The number of nitrogens with one attached hydrogen (secondary N) is 1. The lowest BCUT2D eigenvalue weighted by molar-refractivity contribution is -0.143. The normalized spacial score (nSPS) is 15.0. The van der Waals surface area contributed by atoms with Gasteiger partial charge in [-0.2, -0.15) is 0 Å². The number of halogens is 3. The van der Waals surface area contributed by atoms with E-state index in [0.717, 1.165) is 11.1 Å². The summed E-state index contributed by atoms with van der Waals surface area (Å²) in [6, 6.07) is 8.18. The van der Waals surface area contributed by atoms with E-state index >= 15 is 0 Å². The largest absolute Gasteiger partial charge is 0.459 e. The highest BCUT2D eigenvalue weighted by atomic mass is 79.9. The molecule has 1 N–H and O–H groups in total. The second-order valence-electron chi connectivity index (χ2n) is 5.03. The fourth-order valence-electron chi connectivity index (χ4n) is 2.47. The molecule has 22 heavy (non-hydrogen) atoms. The molecule has 0 fully saturated rings. The van der Waals surface area contributed by atoms with Gasteiger partial charge in [0, 0.05) is 24.1 Å². The quantitative estimate of drug-likeness (QED) is 0.491. The minimum atomic E-state index is -0.759. The third kappa shape index (κ3) is 3.98.